The number of benzene rings is 1. The smallest absolute Gasteiger partial charge is 0.243 e. The van der Waals surface area contributed by atoms with Gasteiger partial charge in [-0.1, -0.05) is 6.92 Å². The van der Waals surface area contributed by atoms with Gasteiger partial charge in [-0.25, -0.2) is 21.6 Å². The highest BCUT2D eigenvalue weighted by Crippen LogP contribution is 2.20. The SMILES string of the molecule is CCCN1CCC(NS(=O)(=O)c2ccc(S(=O)(=O)N3CCOCC3)cc2)CC1.Cl. The quantitative estimate of drug-likeness (QED) is 0.649. The van der Waals surface area contributed by atoms with Crippen molar-refractivity contribution < 1.29 is 21.6 Å². The van der Waals surface area contributed by atoms with E-state index >= 15 is 0 Å². The first-order valence-electron chi connectivity index (χ1n) is 9.75. The third-order valence-corrected chi connectivity index (χ3v) is 8.64. The molecule has 0 bridgehead atoms. The lowest BCUT2D eigenvalue weighted by atomic mass is 10.1. The summed E-state index contributed by atoms with van der Waals surface area (Å²) < 4.78 is 60.0. The zero-order chi connectivity index (χ0) is 20.2. The normalized spacial score (nSPS) is 20.3. The van der Waals surface area contributed by atoms with Crippen LogP contribution in [-0.2, 0) is 24.8 Å². The summed E-state index contributed by atoms with van der Waals surface area (Å²) in [5.74, 6) is 0. The molecule has 0 aromatic heterocycles. The molecular weight excluding hydrogens is 438 g/mol. The molecule has 0 saturated carbocycles. The van der Waals surface area contributed by atoms with Crippen LogP contribution in [0, 0.1) is 0 Å². The third kappa shape index (κ3) is 6.13. The molecule has 11 heteroatoms. The second-order valence-electron chi connectivity index (χ2n) is 7.23. The first-order chi connectivity index (χ1) is 13.3. The predicted octanol–water partition coefficient (Wildman–Crippen LogP) is 1.28. The summed E-state index contributed by atoms with van der Waals surface area (Å²) in [5, 5.41) is 0. The van der Waals surface area contributed by atoms with Crippen molar-refractivity contribution in [2.45, 2.75) is 42.0 Å². The van der Waals surface area contributed by atoms with Crippen LogP contribution in [0.2, 0.25) is 0 Å². The fourth-order valence-corrected chi connectivity index (χ4v) is 6.32. The van der Waals surface area contributed by atoms with E-state index in [2.05, 4.69) is 16.5 Å². The van der Waals surface area contributed by atoms with Crippen LogP contribution >= 0.6 is 12.4 Å². The Kier molecular flexibility index (Phi) is 8.89. The maximum Gasteiger partial charge on any atom is 0.243 e. The summed E-state index contributed by atoms with van der Waals surface area (Å²) in [6, 6.07) is 5.37. The minimum Gasteiger partial charge on any atom is -0.379 e. The molecule has 0 unspecified atom stereocenters. The fraction of sp³-hybridized carbons (Fsp3) is 0.667. The van der Waals surface area contributed by atoms with Crippen molar-refractivity contribution in [3.63, 3.8) is 0 Å². The Balaban J connectivity index is 0.00000300. The van der Waals surface area contributed by atoms with Crippen LogP contribution in [-0.4, -0.2) is 78.0 Å². The number of sulfonamides is 2. The molecule has 2 aliphatic heterocycles. The Morgan fingerprint density at radius 2 is 1.52 bits per heavy atom. The van der Waals surface area contributed by atoms with E-state index in [1.807, 2.05) is 0 Å². The molecule has 2 fully saturated rings. The number of ether oxygens (including phenoxy) is 1. The molecule has 3 rings (SSSR count). The molecule has 29 heavy (non-hydrogen) atoms. The van der Waals surface area contributed by atoms with Crippen LogP contribution < -0.4 is 4.72 Å². The van der Waals surface area contributed by atoms with Gasteiger partial charge in [0.25, 0.3) is 0 Å². The lowest BCUT2D eigenvalue weighted by molar-refractivity contribution is 0.0730. The van der Waals surface area contributed by atoms with Crippen molar-refractivity contribution in [2.75, 3.05) is 45.9 Å². The van der Waals surface area contributed by atoms with Crippen molar-refractivity contribution in [3.8, 4) is 0 Å². The van der Waals surface area contributed by atoms with E-state index in [1.54, 1.807) is 0 Å². The van der Waals surface area contributed by atoms with E-state index in [9.17, 15) is 16.8 Å². The van der Waals surface area contributed by atoms with Crippen molar-refractivity contribution >= 4 is 32.5 Å². The van der Waals surface area contributed by atoms with E-state index in [-0.39, 0.29) is 28.2 Å². The van der Waals surface area contributed by atoms with E-state index in [0.717, 1.165) is 38.9 Å². The second kappa shape index (κ2) is 10.5. The monoisotopic (exact) mass is 467 g/mol. The molecule has 2 aliphatic rings. The Morgan fingerprint density at radius 1 is 0.966 bits per heavy atom. The molecule has 8 nitrogen and oxygen atoms in total. The Morgan fingerprint density at radius 3 is 2.07 bits per heavy atom. The molecular formula is C18H30ClN3O5S2. The molecule has 166 valence electrons. The van der Waals surface area contributed by atoms with Crippen LogP contribution in [0.1, 0.15) is 26.2 Å². The van der Waals surface area contributed by atoms with Gasteiger partial charge in [-0.3, -0.25) is 0 Å². The summed E-state index contributed by atoms with van der Waals surface area (Å²) in [6.45, 7) is 6.30. The van der Waals surface area contributed by atoms with Gasteiger partial charge in [-0.2, -0.15) is 4.31 Å². The molecule has 1 aromatic rings. The number of halogens is 1. The second-order valence-corrected chi connectivity index (χ2v) is 10.9. The molecule has 2 saturated heterocycles. The van der Waals surface area contributed by atoms with Gasteiger partial charge in [0.1, 0.15) is 0 Å². The van der Waals surface area contributed by atoms with Crippen LogP contribution in [0.5, 0.6) is 0 Å². The van der Waals surface area contributed by atoms with Gasteiger partial charge in [0, 0.05) is 19.1 Å². The highest BCUT2D eigenvalue weighted by atomic mass is 35.5. The maximum absolute atomic E-state index is 12.7. The summed E-state index contributed by atoms with van der Waals surface area (Å²) in [4.78, 5) is 2.53. The number of nitrogens with one attached hydrogen (secondary N) is 1. The van der Waals surface area contributed by atoms with Crippen molar-refractivity contribution in [3.05, 3.63) is 24.3 Å². The third-order valence-electron chi connectivity index (χ3n) is 5.19. The van der Waals surface area contributed by atoms with E-state index in [4.69, 9.17) is 4.74 Å². The van der Waals surface area contributed by atoms with E-state index in [1.165, 1.54) is 28.6 Å². The number of likely N-dealkylation sites (tertiary alicyclic amines) is 1. The highest BCUT2D eigenvalue weighted by Gasteiger charge is 2.28. The number of morpholine rings is 1. The minimum absolute atomic E-state index is 0. The van der Waals surface area contributed by atoms with Crippen LogP contribution in [0.15, 0.2) is 34.1 Å². The van der Waals surface area contributed by atoms with Crippen LogP contribution in [0.3, 0.4) is 0 Å². The standard InChI is InChI=1S/C18H29N3O5S2.ClH/c1-2-9-20-10-7-16(8-11-20)19-27(22,23)17-3-5-18(6-4-17)28(24,25)21-12-14-26-15-13-21;/h3-6,16,19H,2,7-15H2,1H3;1H. The summed E-state index contributed by atoms with van der Waals surface area (Å²) in [5.41, 5.74) is 0. The van der Waals surface area contributed by atoms with Crippen molar-refractivity contribution in [2.24, 2.45) is 0 Å². The van der Waals surface area contributed by atoms with Crippen LogP contribution in [0.25, 0.3) is 0 Å². The van der Waals surface area contributed by atoms with Gasteiger partial charge < -0.3 is 9.64 Å². The lowest BCUT2D eigenvalue weighted by Gasteiger charge is -2.31. The molecule has 0 spiro atoms. The summed E-state index contributed by atoms with van der Waals surface area (Å²) in [6.07, 6.45) is 2.65. The number of rotatable bonds is 7. The average Bonchev–Trinajstić information content (AvgIpc) is 2.70. The fourth-order valence-electron chi connectivity index (χ4n) is 3.60. The van der Waals surface area contributed by atoms with Crippen molar-refractivity contribution in [1.82, 2.24) is 13.9 Å². The average molecular weight is 468 g/mol. The maximum atomic E-state index is 12.7. The molecule has 1 N–H and O–H groups in total. The molecule has 0 amide bonds. The van der Waals surface area contributed by atoms with Gasteiger partial charge in [0.15, 0.2) is 0 Å². The lowest BCUT2D eigenvalue weighted by Crippen LogP contribution is -2.44. The van der Waals surface area contributed by atoms with Gasteiger partial charge in [0.2, 0.25) is 20.0 Å². The Hall–Kier alpha value is -0.750. The van der Waals surface area contributed by atoms with Crippen molar-refractivity contribution in [1.29, 1.82) is 0 Å². The van der Waals surface area contributed by atoms with Crippen LogP contribution in [0.4, 0.5) is 0 Å². The first-order valence-corrected chi connectivity index (χ1v) is 12.7. The highest BCUT2D eigenvalue weighted by molar-refractivity contribution is 7.89. The predicted molar refractivity (Wildman–Crippen MR) is 113 cm³/mol. The van der Waals surface area contributed by atoms with Gasteiger partial charge >= 0.3 is 0 Å². The number of hydrogen-bond donors (Lipinski definition) is 1. The molecule has 0 atom stereocenters. The first kappa shape index (κ1) is 24.5. The summed E-state index contributed by atoms with van der Waals surface area (Å²) in [7, 11) is -7.30. The zero-order valence-electron chi connectivity index (χ0n) is 16.6. The Labute approximate surface area is 180 Å². The minimum atomic E-state index is -3.67. The number of hydrogen-bond acceptors (Lipinski definition) is 6. The number of nitrogens with zero attached hydrogens (tertiary/aromatic N) is 2. The summed E-state index contributed by atoms with van der Waals surface area (Å²) >= 11 is 0. The van der Waals surface area contributed by atoms with E-state index in [0.29, 0.717) is 26.3 Å². The molecule has 0 radical (unpaired) electrons. The van der Waals surface area contributed by atoms with Gasteiger partial charge in [-0.05, 0) is 63.2 Å². The van der Waals surface area contributed by atoms with Gasteiger partial charge in [0.05, 0.1) is 23.0 Å². The van der Waals surface area contributed by atoms with Gasteiger partial charge in [-0.15, -0.1) is 12.4 Å². The Bertz CT molecular complexity index is 848. The van der Waals surface area contributed by atoms with E-state index < -0.39 is 20.0 Å². The largest absolute Gasteiger partial charge is 0.379 e. The number of piperidine rings is 1. The topological polar surface area (TPSA) is 96.0 Å². The zero-order valence-corrected chi connectivity index (χ0v) is 19.1. The molecule has 1 aromatic carbocycles. The molecule has 2 heterocycles. The molecule has 0 aliphatic carbocycles.